The minimum Gasteiger partial charge on any atom is -0.394 e. The van der Waals surface area contributed by atoms with Gasteiger partial charge in [0.15, 0.2) is 6.29 Å². The standard InChI is InChI=1S/C42H79NO10/c1-3-5-7-9-11-13-15-17-18-20-22-24-26-28-30-35(46)41(51)43-33(32-52-42-40(50)39(49)38(48)36(31-44)53-42)37(47)34(45)29-27-25-23-21-19-16-14-12-10-8-6-4-2/h11,13,15,17,33-40,42,44-50H,3-10,12,14,16,18-32H2,1-2H3,(H,43,51)/b13-11-,17-15-. The Labute approximate surface area is 321 Å². The molecule has 1 saturated heterocycles. The molecule has 9 atom stereocenters. The highest BCUT2D eigenvalue weighted by atomic mass is 16.7. The van der Waals surface area contributed by atoms with Crippen molar-refractivity contribution in [3.05, 3.63) is 24.3 Å². The van der Waals surface area contributed by atoms with Crippen molar-refractivity contribution in [3.63, 3.8) is 0 Å². The van der Waals surface area contributed by atoms with Crippen LogP contribution in [0.2, 0.25) is 0 Å². The topological polar surface area (TPSA) is 189 Å². The van der Waals surface area contributed by atoms with Gasteiger partial charge in [-0.05, 0) is 38.5 Å². The third-order valence-electron chi connectivity index (χ3n) is 10.3. The zero-order chi connectivity index (χ0) is 39.1. The molecule has 1 rings (SSSR count). The van der Waals surface area contributed by atoms with Crippen LogP contribution in [0.25, 0.3) is 0 Å². The lowest BCUT2D eigenvalue weighted by atomic mass is 9.98. The second kappa shape index (κ2) is 32.8. The Bertz CT molecular complexity index is 918. The number of nitrogens with one attached hydrogen (secondary N) is 1. The molecular weight excluding hydrogens is 678 g/mol. The van der Waals surface area contributed by atoms with E-state index in [2.05, 4.69) is 43.5 Å². The quantitative estimate of drug-likeness (QED) is 0.0291. The molecule has 0 saturated carbocycles. The summed E-state index contributed by atoms with van der Waals surface area (Å²) in [6.45, 7) is 3.37. The Kier molecular flexibility index (Phi) is 30.7. The molecule has 0 radical (unpaired) electrons. The molecule has 0 bridgehead atoms. The van der Waals surface area contributed by atoms with E-state index < -0.39 is 74.2 Å². The number of aliphatic hydroxyl groups excluding tert-OH is 7. The number of carbonyl (C=O) groups excluding carboxylic acids is 1. The van der Waals surface area contributed by atoms with Crippen LogP contribution in [-0.2, 0) is 14.3 Å². The molecule has 1 aliphatic heterocycles. The van der Waals surface area contributed by atoms with E-state index in [1.807, 2.05) is 0 Å². The minimum atomic E-state index is -1.66. The number of hydrogen-bond acceptors (Lipinski definition) is 10. The molecule has 1 fully saturated rings. The summed E-state index contributed by atoms with van der Waals surface area (Å²) < 4.78 is 11.0. The second-order valence-corrected chi connectivity index (χ2v) is 15.1. The Morgan fingerprint density at radius 1 is 0.660 bits per heavy atom. The Balaban J connectivity index is 2.53. The number of hydrogen-bond donors (Lipinski definition) is 8. The van der Waals surface area contributed by atoms with E-state index in [-0.39, 0.29) is 6.42 Å². The van der Waals surface area contributed by atoms with Gasteiger partial charge in [0.25, 0.3) is 0 Å². The van der Waals surface area contributed by atoms with E-state index in [1.165, 1.54) is 70.6 Å². The minimum absolute atomic E-state index is 0.242. The first-order valence-electron chi connectivity index (χ1n) is 21.3. The molecule has 0 spiro atoms. The number of carbonyl (C=O) groups is 1. The van der Waals surface area contributed by atoms with Crippen molar-refractivity contribution in [3.8, 4) is 0 Å². The molecule has 312 valence electrons. The molecule has 0 aliphatic carbocycles. The average molecular weight is 758 g/mol. The van der Waals surface area contributed by atoms with Gasteiger partial charge in [-0.25, -0.2) is 0 Å². The van der Waals surface area contributed by atoms with Crippen LogP contribution in [0.5, 0.6) is 0 Å². The number of aliphatic hydroxyl groups is 7. The predicted octanol–water partition coefficient (Wildman–Crippen LogP) is 5.89. The largest absolute Gasteiger partial charge is 0.394 e. The van der Waals surface area contributed by atoms with Crippen molar-refractivity contribution in [1.82, 2.24) is 5.32 Å². The molecule has 1 amide bonds. The van der Waals surface area contributed by atoms with E-state index in [0.717, 1.165) is 57.8 Å². The highest BCUT2D eigenvalue weighted by molar-refractivity contribution is 5.80. The first kappa shape index (κ1) is 49.6. The van der Waals surface area contributed by atoms with Crippen molar-refractivity contribution in [2.24, 2.45) is 0 Å². The summed E-state index contributed by atoms with van der Waals surface area (Å²) in [5, 5.41) is 75.4. The van der Waals surface area contributed by atoms with Crippen molar-refractivity contribution in [2.45, 2.75) is 223 Å². The van der Waals surface area contributed by atoms with E-state index in [4.69, 9.17) is 9.47 Å². The highest BCUT2D eigenvalue weighted by Crippen LogP contribution is 2.23. The molecule has 0 aromatic rings. The summed E-state index contributed by atoms with van der Waals surface area (Å²) in [5.74, 6) is -0.711. The predicted molar refractivity (Wildman–Crippen MR) is 210 cm³/mol. The Hall–Kier alpha value is -1.41. The maximum Gasteiger partial charge on any atom is 0.249 e. The van der Waals surface area contributed by atoms with Crippen molar-refractivity contribution in [2.75, 3.05) is 13.2 Å². The van der Waals surface area contributed by atoms with Crippen molar-refractivity contribution >= 4 is 5.91 Å². The van der Waals surface area contributed by atoms with Crippen molar-refractivity contribution in [1.29, 1.82) is 0 Å². The number of ether oxygens (including phenoxy) is 2. The van der Waals surface area contributed by atoms with E-state index in [0.29, 0.717) is 19.3 Å². The molecule has 0 aromatic carbocycles. The van der Waals surface area contributed by atoms with Gasteiger partial charge in [-0.15, -0.1) is 0 Å². The van der Waals surface area contributed by atoms with Crippen LogP contribution < -0.4 is 5.32 Å². The molecule has 53 heavy (non-hydrogen) atoms. The lowest BCUT2D eigenvalue weighted by Crippen LogP contribution is -2.60. The lowest BCUT2D eigenvalue weighted by molar-refractivity contribution is -0.303. The molecule has 11 heteroatoms. The third kappa shape index (κ3) is 23.3. The fourth-order valence-electron chi connectivity index (χ4n) is 6.66. The van der Waals surface area contributed by atoms with Gasteiger partial charge in [0.1, 0.15) is 36.6 Å². The SMILES string of the molecule is CCCCC/C=C\C=C/CCCCCCCC(O)C(=O)NC(COC1OC(CO)C(O)C(O)C1O)C(O)C(O)CCCCCCCCCCCCCC. The van der Waals surface area contributed by atoms with E-state index in [1.54, 1.807) is 0 Å². The zero-order valence-electron chi connectivity index (χ0n) is 33.2. The summed E-state index contributed by atoms with van der Waals surface area (Å²) >= 11 is 0. The Morgan fingerprint density at radius 2 is 1.13 bits per heavy atom. The van der Waals surface area contributed by atoms with Gasteiger partial charge in [-0.2, -0.15) is 0 Å². The van der Waals surface area contributed by atoms with Gasteiger partial charge in [-0.1, -0.05) is 154 Å². The normalized spacial score (nSPS) is 23.1. The van der Waals surface area contributed by atoms with Crippen LogP contribution in [-0.4, -0.2) is 110 Å². The van der Waals surface area contributed by atoms with Gasteiger partial charge in [0.05, 0.1) is 25.4 Å². The van der Waals surface area contributed by atoms with Crippen molar-refractivity contribution < 1.29 is 50.0 Å². The van der Waals surface area contributed by atoms with Gasteiger partial charge in [0, 0.05) is 0 Å². The first-order chi connectivity index (χ1) is 25.7. The maximum atomic E-state index is 13.0. The fourth-order valence-corrected chi connectivity index (χ4v) is 6.66. The van der Waals surface area contributed by atoms with Gasteiger partial charge >= 0.3 is 0 Å². The van der Waals surface area contributed by atoms with Crippen LogP contribution >= 0.6 is 0 Å². The molecule has 1 aliphatic rings. The smallest absolute Gasteiger partial charge is 0.249 e. The fraction of sp³-hybridized carbons (Fsp3) is 0.881. The number of amides is 1. The lowest BCUT2D eigenvalue weighted by Gasteiger charge is -2.40. The summed E-state index contributed by atoms with van der Waals surface area (Å²) in [6, 6.07) is -1.17. The molecule has 1 heterocycles. The number of allylic oxidation sites excluding steroid dienone is 4. The molecule has 11 nitrogen and oxygen atoms in total. The summed E-state index contributed by atoms with van der Waals surface area (Å²) in [6.07, 6.45) is 22.2. The molecular formula is C42H79NO10. The second-order valence-electron chi connectivity index (χ2n) is 15.1. The van der Waals surface area contributed by atoms with E-state index >= 15 is 0 Å². The van der Waals surface area contributed by atoms with Crippen LogP contribution in [0.4, 0.5) is 0 Å². The van der Waals surface area contributed by atoms with Crippen LogP contribution in [0.15, 0.2) is 24.3 Å². The summed E-state index contributed by atoms with van der Waals surface area (Å²) in [5.41, 5.74) is 0. The summed E-state index contributed by atoms with van der Waals surface area (Å²) in [4.78, 5) is 13.0. The average Bonchev–Trinajstić information content (AvgIpc) is 3.16. The van der Waals surface area contributed by atoms with Crippen LogP contribution in [0.1, 0.15) is 168 Å². The maximum absolute atomic E-state index is 13.0. The van der Waals surface area contributed by atoms with Crippen LogP contribution in [0.3, 0.4) is 0 Å². The number of unbranched alkanes of at least 4 members (excludes halogenated alkanes) is 19. The van der Waals surface area contributed by atoms with E-state index in [9.17, 15) is 40.5 Å². The Morgan fingerprint density at radius 3 is 1.68 bits per heavy atom. The third-order valence-corrected chi connectivity index (χ3v) is 10.3. The van der Waals surface area contributed by atoms with Gasteiger partial charge in [0.2, 0.25) is 5.91 Å². The first-order valence-corrected chi connectivity index (χ1v) is 21.3. The highest BCUT2D eigenvalue weighted by Gasteiger charge is 2.44. The zero-order valence-corrected chi connectivity index (χ0v) is 33.2. The molecule has 9 unspecified atom stereocenters. The molecule has 0 aromatic heterocycles. The summed E-state index contributed by atoms with van der Waals surface area (Å²) in [7, 11) is 0. The molecule has 8 N–H and O–H groups in total. The van der Waals surface area contributed by atoms with Crippen LogP contribution in [0, 0.1) is 0 Å². The van der Waals surface area contributed by atoms with Gasteiger partial charge < -0.3 is 50.5 Å². The number of rotatable bonds is 34. The monoisotopic (exact) mass is 758 g/mol. The van der Waals surface area contributed by atoms with Gasteiger partial charge in [-0.3, -0.25) is 4.79 Å².